The lowest BCUT2D eigenvalue weighted by molar-refractivity contribution is 0.0634. The molecule has 0 aromatic carbocycles. The van der Waals surface area contributed by atoms with E-state index in [9.17, 15) is 9.59 Å². The number of thiophene rings is 1. The Kier molecular flexibility index (Phi) is 5.14. The molecular formula is C12H13BrN2O4S. The number of carbonyl (C=O) groups is 2. The quantitative estimate of drug-likeness (QED) is 0.802. The summed E-state index contributed by atoms with van der Waals surface area (Å²) >= 11 is 3.98. The van der Waals surface area contributed by atoms with Gasteiger partial charge in [-0.05, 0) is 20.8 Å². The minimum absolute atomic E-state index is 0.0180. The molecule has 0 radical (unpaired) electrons. The van der Waals surface area contributed by atoms with E-state index in [0.29, 0.717) is 5.56 Å². The number of nitriles is 1. The molecule has 20 heavy (non-hydrogen) atoms. The van der Waals surface area contributed by atoms with E-state index >= 15 is 0 Å². The van der Waals surface area contributed by atoms with Crippen molar-refractivity contribution in [3.05, 3.63) is 16.0 Å². The van der Waals surface area contributed by atoms with Crippen LogP contribution in [0.4, 0.5) is 9.80 Å². The molecule has 0 saturated heterocycles. The lowest BCUT2D eigenvalue weighted by Crippen LogP contribution is -2.27. The van der Waals surface area contributed by atoms with Crippen LogP contribution in [0.15, 0.2) is 0 Å². The maximum atomic E-state index is 11.7. The fraction of sp³-hybridized carbons (Fsp3) is 0.417. The van der Waals surface area contributed by atoms with Crippen molar-refractivity contribution in [1.29, 1.82) is 5.26 Å². The van der Waals surface area contributed by atoms with Crippen molar-refractivity contribution in [2.75, 3.05) is 5.32 Å². The number of nitrogens with zero attached hydrogens (tertiary/aromatic N) is 1. The van der Waals surface area contributed by atoms with Gasteiger partial charge < -0.3 is 9.84 Å². The van der Waals surface area contributed by atoms with Crippen molar-refractivity contribution in [2.45, 2.75) is 31.7 Å². The molecule has 1 amide bonds. The molecule has 0 aliphatic rings. The van der Waals surface area contributed by atoms with Gasteiger partial charge >= 0.3 is 12.1 Å². The SMILES string of the molecule is CC(C)(C)OC(=O)Nc1sc(C(=O)O)c(CBr)c1C#N. The highest BCUT2D eigenvalue weighted by atomic mass is 79.9. The molecule has 8 heteroatoms. The highest BCUT2D eigenvalue weighted by molar-refractivity contribution is 9.08. The van der Waals surface area contributed by atoms with Gasteiger partial charge in [0.2, 0.25) is 0 Å². The molecule has 1 aromatic heterocycles. The number of nitrogens with one attached hydrogen (secondary N) is 1. The molecule has 108 valence electrons. The lowest BCUT2D eigenvalue weighted by atomic mass is 10.2. The average Bonchev–Trinajstić information content (AvgIpc) is 2.63. The van der Waals surface area contributed by atoms with E-state index in [1.165, 1.54) is 0 Å². The predicted octanol–water partition coefficient (Wildman–Crippen LogP) is 3.56. The molecule has 0 atom stereocenters. The number of aromatic carboxylic acids is 1. The summed E-state index contributed by atoms with van der Waals surface area (Å²) in [6.07, 6.45) is -0.728. The van der Waals surface area contributed by atoms with Gasteiger partial charge in [0.25, 0.3) is 0 Å². The van der Waals surface area contributed by atoms with Crippen LogP contribution >= 0.6 is 27.3 Å². The zero-order valence-electron chi connectivity index (χ0n) is 11.1. The van der Waals surface area contributed by atoms with E-state index in [0.717, 1.165) is 11.3 Å². The van der Waals surface area contributed by atoms with Gasteiger partial charge in [0.15, 0.2) is 0 Å². The number of rotatable bonds is 3. The van der Waals surface area contributed by atoms with Crippen LogP contribution in [0, 0.1) is 11.3 Å². The van der Waals surface area contributed by atoms with Crippen LogP contribution in [0.3, 0.4) is 0 Å². The topological polar surface area (TPSA) is 99.4 Å². The van der Waals surface area contributed by atoms with E-state index in [1.54, 1.807) is 20.8 Å². The van der Waals surface area contributed by atoms with Crippen LogP contribution in [-0.4, -0.2) is 22.8 Å². The third-order valence-electron chi connectivity index (χ3n) is 2.06. The van der Waals surface area contributed by atoms with Gasteiger partial charge in [-0.3, -0.25) is 5.32 Å². The molecule has 0 unspecified atom stereocenters. The summed E-state index contributed by atoms with van der Waals surface area (Å²) in [5.41, 5.74) is -0.201. The van der Waals surface area contributed by atoms with Crippen molar-refractivity contribution in [3.63, 3.8) is 0 Å². The molecule has 1 rings (SSSR count). The number of anilines is 1. The molecule has 0 saturated carbocycles. The number of alkyl halides is 1. The van der Waals surface area contributed by atoms with Gasteiger partial charge in [-0.25, -0.2) is 9.59 Å². The van der Waals surface area contributed by atoms with Gasteiger partial charge in [-0.2, -0.15) is 5.26 Å². The molecule has 1 aromatic rings. The summed E-state index contributed by atoms with van der Waals surface area (Å²) < 4.78 is 5.07. The van der Waals surface area contributed by atoms with Crippen molar-refractivity contribution in [1.82, 2.24) is 0 Å². The number of ether oxygens (including phenoxy) is 1. The molecular weight excluding hydrogens is 348 g/mol. The summed E-state index contributed by atoms with van der Waals surface area (Å²) in [6.45, 7) is 5.12. The monoisotopic (exact) mass is 360 g/mol. The summed E-state index contributed by atoms with van der Waals surface area (Å²) in [7, 11) is 0. The van der Waals surface area contributed by atoms with E-state index in [-0.39, 0.29) is 20.8 Å². The normalized spacial score (nSPS) is 10.8. The third-order valence-corrected chi connectivity index (χ3v) is 3.76. The smallest absolute Gasteiger partial charge is 0.412 e. The second kappa shape index (κ2) is 6.24. The Morgan fingerprint density at radius 3 is 2.50 bits per heavy atom. The molecule has 0 spiro atoms. The van der Waals surface area contributed by atoms with E-state index in [4.69, 9.17) is 15.1 Å². The number of carbonyl (C=O) groups excluding carboxylic acids is 1. The number of carboxylic acids is 1. The molecule has 0 fully saturated rings. The zero-order valence-corrected chi connectivity index (χ0v) is 13.5. The zero-order chi connectivity index (χ0) is 15.5. The third kappa shape index (κ3) is 3.95. The van der Waals surface area contributed by atoms with Crippen molar-refractivity contribution in [2.24, 2.45) is 0 Å². The molecule has 2 N–H and O–H groups in total. The Morgan fingerprint density at radius 2 is 2.10 bits per heavy atom. The first-order chi connectivity index (χ1) is 9.19. The van der Waals surface area contributed by atoms with Gasteiger partial charge in [-0.15, -0.1) is 11.3 Å². The van der Waals surface area contributed by atoms with E-state index < -0.39 is 17.7 Å². The number of amides is 1. The Morgan fingerprint density at radius 1 is 1.50 bits per heavy atom. The van der Waals surface area contributed by atoms with Crippen molar-refractivity contribution < 1.29 is 19.4 Å². The van der Waals surface area contributed by atoms with Gasteiger partial charge in [0.05, 0.1) is 5.56 Å². The number of hydrogen-bond acceptors (Lipinski definition) is 5. The van der Waals surface area contributed by atoms with Crippen LogP contribution < -0.4 is 5.32 Å². The van der Waals surface area contributed by atoms with E-state index in [1.807, 2.05) is 6.07 Å². The highest BCUT2D eigenvalue weighted by Crippen LogP contribution is 2.34. The van der Waals surface area contributed by atoms with Gasteiger partial charge in [-0.1, -0.05) is 15.9 Å². The Balaban J connectivity index is 3.11. The largest absolute Gasteiger partial charge is 0.477 e. The Labute approximate surface area is 128 Å². The molecule has 0 aliphatic carbocycles. The van der Waals surface area contributed by atoms with E-state index in [2.05, 4.69) is 21.2 Å². The first-order valence-electron chi connectivity index (χ1n) is 5.54. The summed E-state index contributed by atoms with van der Waals surface area (Å²) in [4.78, 5) is 22.8. The molecule has 6 nitrogen and oxygen atoms in total. The fourth-order valence-corrected chi connectivity index (χ4v) is 3.11. The standard InChI is InChI=1S/C12H13BrN2O4S/c1-12(2,3)19-11(18)15-9-7(5-14)6(4-13)8(20-9)10(16)17/h4H2,1-3H3,(H,15,18)(H,16,17). The van der Waals surface area contributed by atoms with Crippen LogP contribution in [-0.2, 0) is 10.1 Å². The van der Waals surface area contributed by atoms with Crippen LogP contribution in [0.5, 0.6) is 0 Å². The second-order valence-corrected chi connectivity index (χ2v) is 6.37. The first kappa shape index (κ1) is 16.5. The Bertz CT molecular complexity index is 584. The first-order valence-corrected chi connectivity index (χ1v) is 7.48. The molecule has 0 bridgehead atoms. The lowest BCUT2D eigenvalue weighted by Gasteiger charge is -2.19. The minimum Gasteiger partial charge on any atom is -0.477 e. The second-order valence-electron chi connectivity index (χ2n) is 4.79. The van der Waals surface area contributed by atoms with Crippen LogP contribution in [0.1, 0.15) is 41.6 Å². The maximum absolute atomic E-state index is 11.7. The summed E-state index contributed by atoms with van der Waals surface area (Å²) in [5.74, 6) is -1.14. The molecule has 0 aliphatic heterocycles. The number of halogens is 1. The minimum atomic E-state index is -1.14. The summed E-state index contributed by atoms with van der Waals surface area (Å²) in [6, 6.07) is 1.91. The van der Waals surface area contributed by atoms with Crippen LogP contribution in [0.25, 0.3) is 0 Å². The number of hydrogen-bond donors (Lipinski definition) is 2. The fourth-order valence-electron chi connectivity index (χ4n) is 1.37. The summed E-state index contributed by atoms with van der Waals surface area (Å²) in [5, 5.41) is 21.0. The average molecular weight is 361 g/mol. The van der Waals surface area contributed by atoms with Crippen molar-refractivity contribution >= 4 is 44.3 Å². The van der Waals surface area contributed by atoms with Crippen LogP contribution in [0.2, 0.25) is 0 Å². The van der Waals surface area contributed by atoms with Gasteiger partial charge in [0.1, 0.15) is 21.5 Å². The molecule has 1 heterocycles. The van der Waals surface area contributed by atoms with Crippen molar-refractivity contribution in [3.8, 4) is 6.07 Å². The van der Waals surface area contributed by atoms with Gasteiger partial charge in [0, 0.05) is 10.9 Å². The number of carboxylic acid groups (broad SMARTS) is 1. The Hall–Kier alpha value is -1.59. The maximum Gasteiger partial charge on any atom is 0.412 e. The highest BCUT2D eigenvalue weighted by Gasteiger charge is 2.24. The predicted molar refractivity (Wildman–Crippen MR) is 78.5 cm³/mol.